The van der Waals surface area contributed by atoms with Crippen molar-refractivity contribution in [2.24, 2.45) is 5.92 Å². The van der Waals surface area contributed by atoms with Crippen molar-refractivity contribution in [1.82, 2.24) is 9.88 Å². The highest BCUT2D eigenvalue weighted by Crippen LogP contribution is 2.40. The number of anilines is 1. The topological polar surface area (TPSA) is 45.7 Å². The fourth-order valence-electron chi connectivity index (χ4n) is 3.18. The molecule has 1 aliphatic rings. The molecule has 0 saturated heterocycles. The fraction of sp³-hybridized carbons (Fsp3) is 0.579. The van der Waals surface area contributed by atoms with Crippen LogP contribution < -0.4 is 9.64 Å². The maximum Gasteiger partial charge on any atom is 0.231 e. The number of likely N-dealkylation sites (N-methyl/N-ethyl adjacent to an activating group) is 1. The number of benzene rings is 1. The summed E-state index contributed by atoms with van der Waals surface area (Å²) >= 11 is 7.83. The minimum absolute atomic E-state index is 0. The molecule has 1 fully saturated rings. The Morgan fingerprint density at radius 1 is 1.30 bits per heavy atom. The van der Waals surface area contributed by atoms with Crippen LogP contribution in [0.5, 0.6) is 5.75 Å². The van der Waals surface area contributed by atoms with Crippen molar-refractivity contribution in [3.8, 4) is 5.75 Å². The van der Waals surface area contributed by atoms with Crippen LogP contribution in [0.3, 0.4) is 0 Å². The van der Waals surface area contributed by atoms with Crippen LogP contribution in [0.4, 0.5) is 5.13 Å². The number of carbonyl (C=O) groups excluding carboxylic acids is 1. The smallest absolute Gasteiger partial charge is 0.231 e. The van der Waals surface area contributed by atoms with E-state index < -0.39 is 0 Å². The molecule has 1 aromatic carbocycles. The Hall–Kier alpha value is -1.08. The van der Waals surface area contributed by atoms with E-state index in [0.717, 1.165) is 54.2 Å². The van der Waals surface area contributed by atoms with E-state index in [0.29, 0.717) is 17.3 Å². The third-order valence-electron chi connectivity index (χ3n) is 5.15. The highest BCUT2D eigenvalue weighted by molar-refractivity contribution is 7.23. The van der Waals surface area contributed by atoms with Crippen LogP contribution in [-0.4, -0.2) is 49.1 Å². The van der Waals surface area contributed by atoms with Crippen molar-refractivity contribution in [1.29, 1.82) is 0 Å². The lowest BCUT2D eigenvalue weighted by Gasteiger charge is -2.31. The van der Waals surface area contributed by atoms with E-state index in [-0.39, 0.29) is 24.2 Å². The van der Waals surface area contributed by atoms with Gasteiger partial charge in [0.05, 0.1) is 16.8 Å². The van der Waals surface area contributed by atoms with Gasteiger partial charge in [0.1, 0.15) is 11.3 Å². The molecule has 5 nitrogen and oxygen atoms in total. The van der Waals surface area contributed by atoms with E-state index >= 15 is 0 Å². The molecule has 0 spiro atoms. The van der Waals surface area contributed by atoms with Crippen molar-refractivity contribution in [3.05, 3.63) is 17.2 Å². The summed E-state index contributed by atoms with van der Waals surface area (Å²) in [5.41, 5.74) is 0.731. The molecule has 0 N–H and O–H groups in total. The quantitative estimate of drug-likeness (QED) is 0.598. The molecule has 3 rings (SSSR count). The first kappa shape index (κ1) is 22.2. The largest absolute Gasteiger partial charge is 0.494 e. The molecule has 1 aliphatic carbocycles. The highest BCUT2D eigenvalue weighted by atomic mass is 35.5. The first-order valence-electron chi connectivity index (χ1n) is 9.25. The normalized spacial score (nSPS) is 14.1. The van der Waals surface area contributed by atoms with Crippen LogP contribution in [-0.2, 0) is 4.79 Å². The highest BCUT2D eigenvalue weighted by Gasteiger charge is 2.32. The summed E-state index contributed by atoms with van der Waals surface area (Å²) in [5, 5.41) is 1.36. The molecular weight excluding hydrogens is 405 g/mol. The molecule has 1 aromatic heterocycles. The van der Waals surface area contributed by atoms with Crippen molar-refractivity contribution in [3.63, 3.8) is 0 Å². The van der Waals surface area contributed by atoms with Gasteiger partial charge in [-0.25, -0.2) is 4.98 Å². The number of halogens is 2. The van der Waals surface area contributed by atoms with E-state index in [1.54, 1.807) is 7.11 Å². The van der Waals surface area contributed by atoms with Gasteiger partial charge in [-0.2, -0.15) is 0 Å². The number of fused-ring (bicyclic) bond motifs is 1. The first-order valence-corrected chi connectivity index (χ1v) is 10.4. The fourth-order valence-corrected chi connectivity index (χ4v) is 4.47. The van der Waals surface area contributed by atoms with E-state index in [1.165, 1.54) is 11.3 Å². The Balaban J connectivity index is 0.00000261. The third-order valence-corrected chi connectivity index (χ3v) is 6.69. The van der Waals surface area contributed by atoms with Crippen molar-refractivity contribution in [2.75, 3.05) is 38.2 Å². The van der Waals surface area contributed by atoms with Gasteiger partial charge >= 0.3 is 0 Å². The van der Waals surface area contributed by atoms with Gasteiger partial charge in [-0.1, -0.05) is 43.2 Å². The van der Waals surface area contributed by atoms with Crippen LogP contribution >= 0.6 is 35.3 Å². The first-order chi connectivity index (χ1) is 12.6. The predicted molar refractivity (Wildman–Crippen MR) is 116 cm³/mol. The predicted octanol–water partition coefficient (Wildman–Crippen LogP) is 4.86. The second kappa shape index (κ2) is 9.92. The summed E-state index contributed by atoms with van der Waals surface area (Å²) in [6.45, 7) is 7.72. The molecule has 1 saturated carbocycles. The van der Waals surface area contributed by atoms with Gasteiger partial charge in [0, 0.05) is 19.0 Å². The van der Waals surface area contributed by atoms with Crippen molar-refractivity contribution < 1.29 is 9.53 Å². The zero-order valence-corrected chi connectivity index (χ0v) is 18.4. The van der Waals surface area contributed by atoms with E-state index in [4.69, 9.17) is 21.3 Å². The minimum Gasteiger partial charge on any atom is -0.494 e. The number of rotatable bonds is 8. The maximum absolute atomic E-state index is 13.0. The molecule has 0 unspecified atom stereocenters. The van der Waals surface area contributed by atoms with E-state index in [2.05, 4.69) is 18.7 Å². The van der Waals surface area contributed by atoms with E-state index in [1.807, 2.05) is 17.0 Å². The molecule has 2 aromatic rings. The molecule has 0 bridgehead atoms. The van der Waals surface area contributed by atoms with Gasteiger partial charge in [0.25, 0.3) is 0 Å². The molecule has 1 amide bonds. The number of ether oxygens (including phenoxy) is 1. The lowest BCUT2D eigenvalue weighted by Crippen LogP contribution is -2.43. The lowest BCUT2D eigenvalue weighted by molar-refractivity contribution is -0.124. The molecule has 0 radical (unpaired) electrons. The second-order valence-electron chi connectivity index (χ2n) is 6.57. The number of nitrogens with zero attached hydrogens (tertiary/aromatic N) is 3. The Labute approximate surface area is 176 Å². The monoisotopic (exact) mass is 431 g/mol. The molecule has 27 heavy (non-hydrogen) atoms. The van der Waals surface area contributed by atoms with Gasteiger partial charge in [-0.3, -0.25) is 9.69 Å². The molecule has 0 aliphatic heterocycles. The van der Waals surface area contributed by atoms with Crippen molar-refractivity contribution >= 4 is 56.6 Å². The number of amides is 1. The van der Waals surface area contributed by atoms with Gasteiger partial charge in [-0.05, 0) is 38.1 Å². The minimum atomic E-state index is 0. The second-order valence-corrected chi connectivity index (χ2v) is 7.95. The summed E-state index contributed by atoms with van der Waals surface area (Å²) in [7, 11) is 1.62. The molecule has 8 heteroatoms. The summed E-state index contributed by atoms with van der Waals surface area (Å²) in [5.74, 6) is 1.01. The Morgan fingerprint density at radius 3 is 2.56 bits per heavy atom. The van der Waals surface area contributed by atoms with Crippen LogP contribution in [0, 0.1) is 5.92 Å². The maximum atomic E-state index is 13.0. The Kier molecular flexibility index (Phi) is 8.16. The number of hydrogen-bond donors (Lipinski definition) is 0. The molecule has 1 heterocycles. The summed E-state index contributed by atoms with van der Waals surface area (Å²) in [4.78, 5) is 22.0. The van der Waals surface area contributed by atoms with Crippen LogP contribution in [0.1, 0.15) is 33.1 Å². The number of hydrogen-bond acceptors (Lipinski definition) is 5. The number of carbonyl (C=O) groups is 1. The van der Waals surface area contributed by atoms with Crippen LogP contribution in [0.2, 0.25) is 5.02 Å². The standard InChI is InChI=1S/C19H26ClN3O2S.ClH/c1-4-22(5-2)11-12-23(18(24)13-7-6-8-13)19-21-16-15(25-3)10-9-14(20)17(16)26-19;/h9-10,13H,4-8,11-12H2,1-3H3;1H. The summed E-state index contributed by atoms with van der Waals surface area (Å²) in [6.07, 6.45) is 3.10. The zero-order chi connectivity index (χ0) is 18.7. The van der Waals surface area contributed by atoms with Crippen LogP contribution in [0.15, 0.2) is 12.1 Å². The Morgan fingerprint density at radius 2 is 2.00 bits per heavy atom. The van der Waals surface area contributed by atoms with Gasteiger partial charge < -0.3 is 9.64 Å². The van der Waals surface area contributed by atoms with Gasteiger partial charge in [0.2, 0.25) is 5.91 Å². The third kappa shape index (κ3) is 4.67. The summed E-state index contributed by atoms with van der Waals surface area (Å²) in [6, 6.07) is 3.64. The number of methoxy groups -OCH3 is 1. The van der Waals surface area contributed by atoms with Gasteiger partial charge in [-0.15, -0.1) is 12.4 Å². The van der Waals surface area contributed by atoms with Gasteiger partial charge in [0.15, 0.2) is 5.13 Å². The van der Waals surface area contributed by atoms with Crippen LogP contribution in [0.25, 0.3) is 10.2 Å². The number of aromatic nitrogens is 1. The van der Waals surface area contributed by atoms with E-state index in [9.17, 15) is 4.79 Å². The van der Waals surface area contributed by atoms with Crippen molar-refractivity contribution in [2.45, 2.75) is 33.1 Å². The number of thiazole rings is 1. The molecule has 0 atom stereocenters. The molecule has 150 valence electrons. The Bertz CT molecular complexity index is 776. The average molecular weight is 432 g/mol. The lowest BCUT2D eigenvalue weighted by atomic mass is 9.84. The summed E-state index contributed by atoms with van der Waals surface area (Å²) < 4.78 is 6.29. The zero-order valence-electron chi connectivity index (χ0n) is 16.0. The average Bonchev–Trinajstić information content (AvgIpc) is 3.03. The molecular formula is C19H27Cl2N3O2S. The SMILES string of the molecule is CCN(CC)CCN(C(=O)C1CCC1)c1nc2c(OC)ccc(Cl)c2s1.Cl.